The Morgan fingerprint density at radius 2 is 2.12 bits per heavy atom. The maximum absolute atomic E-state index is 11.8. The highest BCUT2D eigenvalue weighted by Gasteiger charge is 2.16. The summed E-state index contributed by atoms with van der Waals surface area (Å²) < 4.78 is 0.544. The number of halogens is 2. The second-order valence-corrected chi connectivity index (χ2v) is 4.47. The summed E-state index contributed by atoms with van der Waals surface area (Å²) in [5.41, 5.74) is 0.383. The highest BCUT2D eigenvalue weighted by Crippen LogP contribution is 2.22. The molecular formula is C10H9BrClNO3. The molecule has 0 aliphatic heterocycles. The molecule has 0 aliphatic carbocycles. The number of hydrogen-bond donors (Lipinski definition) is 1. The molecule has 1 aromatic rings. The average molecular weight is 307 g/mol. The first-order valence-corrected chi connectivity index (χ1v) is 5.51. The minimum absolute atomic E-state index is 0.339. The van der Waals surface area contributed by atoms with Crippen LogP contribution in [0, 0.1) is 0 Å². The number of likely N-dealkylation sites (N-methyl/N-ethyl adjacent to an activating group) is 1. The molecule has 1 aromatic carbocycles. The Morgan fingerprint density at radius 1 is 1.50 bits per heavy atom. The van der Waals surface area contributed by atoms with Gasteiger partial charge in [0.2, 0.25) is 0 Å². The van der Waals surface area contributed by atoms with Crippen LogP contribution in [0.2, 0.25) is 5.02 Å². The first kappa shape index (κ1) is 13.0. The zero-order valence-electron chi connectivity index (χ0n) is 8.41. The molecule has 0 unspecified atom stereocenters. The lowest BCUT2D eigenvalue weighted by molar-refractivity contribution is -0.137. The van der Waals surface area contributed by atoms with E-state index in [1.54, 1.807) is 18.2 Å². The number of aliphatic carboxylic acids is 1. The van der Waals surface area contributed by atoms with Crippen molar-refractivity contribution in [3.63, 3.8) is 0 Å². The minimum atomic E-state index is -1.05. The van der Waals surface area contributed by atoms with Gasteiger partial charge in [-0.25, -0.2) is 0 Å². The smallest absolute Gasteiger partial charge is 0.323 e. The van der Waals surface area contributed by atoms with Crippen molar-refractivity contribution in [2.75, 3.05) is 13.6 Å². The molecule has 0 bridgehead atoms. The van der Waals surface area contributed by atoms with E-state index in [1.807, 2.05) is 0 Å². The normalized spacial score (nSPS) is 9.94. The van der Waals surface area contributed by atoms with Crippen molar-refractivity contribution in [1.29, 1.82) is 0 Å². The van der Waals surface area contributed by atoms with Crippen LogP contribution in [0.1, 0.15) is 10.4 Å². The highest BCUT2D eigenvalue weighted by atomic mass is 79.9. The van der Waals surface area contributed by atoms with E-state index in [0.717, 1.165) is 4.90 Å². The summed E-state index contributed by atoms with van der Waals surface area (Å²) in [4.78, 5) is 23.4. The van der Waals surface area contributed by atoms with Crippen molar-refractivity contribution in [3.8, 4) is 0 Å². The largest absolute Gasteiger partial charge is 0.480 e. The Kier molecular flexibility index (Phi) is 4.32. The molecule has 16 heavy (non-hydrogen) atoms. The van der Waals surface area contributed by atoms with E-state index in [4.69, 9.17) is 16.7 Å². The summed E-state index contributed by atoms with van der Waals surface area (Å²) in [6.45, 7) is -0.339. The number of carboxylic acid groups (broad SMARTS) is 1. The fourth-order valence-corrected chi connectivity index (χ4v) is 2.00. The van der Waals surface area contributed by atoms with Gasteiger partial charge in [0, 0.05) is 16.5 Å². The van der Waals surface area contributed by atoms with Gasteiger partial charge in [0.25, 0.3) is 5.91 Å². The van der Waals surface area contributed by atoms with Crippen LogP contribution in [0.15, 0.2) is 22.7 Å². The summed E-state index contributed by atoms with van der Waals surface area (Å²) >= 11 is 8.94. The molecule has 86 valence electrons. The number of nitrogens with zero attached hydrogens (tertiary/aromatic N) is 1. The number of benzene rings is 1. The third kappa shape index (κ3) is 3.21. The topological polar surface area (TPSA) is 57.6 Å². The van der Waals surface area contributed by atoms with Gasteiger partial charge in [-0.15, -0.1) is 0 Å². The number of carbonyl (C=O) groups excluding carboxylic acids is 1. The van der Waals surface area contributed by atoms with Crippen LogP contribution in [0.25, 0.3) is 0 Å². The van der Waals surface area contributed by atoms with Gasteiger partial charge in [-0.2, -0.15) is 0 Å². The standard InChI is InChI=1S/C10H9BrClNO3/c1-13(5-9(14)15)10(16)7-3-2-6(12)4-8(7)11/h2-4H,5H2,1H3,(H,14,15). The summed E-state index contributed by atoms with van der Waals surface area (Å²) in [7, 11) is 1.43. The number of amides is 1. The maximum Gasteiger partial charge on any atom is 0.323 e. The second-order valence-electron chi connectivity index (χ2n) is 3.18. The van der Waals surface area contributed by atoms with Crippen molar-refractivity contribution in [1.82, 2.24) is 4.90 Å². The van der Waals surface area contributed by atoms with Crippen LogP contribution < -0.4 is 0 Å². The zero-order chi connectivity index (χ0) is 12.3. The van der Waals surface area contributed by atoms with E-state index in [0.29, 0.717) is 15.1 Å². The van der Waals surface area contributed by atoms with Gasteiger partial charge in [-0.05, 0) is 34.1 Å². The quantitative estimate of drug-likeness (QED) is 0.932. The average Bonchev–Trinajstić information content (AvgIpc) is 2.15. The summed E-state index contributed by atoms with van der Waals surface area (Å²) in [6, 6.07) is 4.71. The Balaban J connectivity index is 2.92. The molecule has 0 saturated heterocycles. The summed E-state index contributed by atoms with van der Waals surface area (Å²) in [5, 5.41) is 9.07. The lowest BCUT2D eigenvalue weighted by Crippen LogP contribution is -2.32. The maximum atomic E-state index is 11.8. The fraction of sp³-hybridized carbons (Fsp3) is 0.200. The second kappa shape index (κ2) is 5.32. The van der Waals surface area contributed by atoms with E-state index in [9.17, 15) is 9.59 Å². The third-order valence-electron chi connectivity index (χ3n) is 1.88. The SMILES string of the molecule is CN(CC(=O)O)C(=O)c1ccc(Cl)cc1Br. The van der Waals surface area contributed by atoms with Gasteiger partial charge in [-0.1, -0.05) is 11.6 Å². The molecule has 0 spiro atoms. The van der Waals surface area contributed by atoms with Gasteiger partial charge in [0.15, 0.2) is 0 Å². The Morgan fingerprint density at radius 3 is 2.62 bits per heavy atom. The number of hydrogen-bond acceptors (Lipinski definition) is 2. The van der Waals surface area contributed by atoms with Crippen LogP contribution in [-0.4, -0.2) is 35.5 Å². The molecule has 0 aromatic heterocycles. The summed E-state index contributed by atoms with van der Waals surface area (Å²) in [6.07, 6.45) is 0. The van der Waals surface area contributed by atoms with Crippen LogP contribution in [0.5, 0.6) is 0 Å². The van der Waals surface area contributed by atoms with E-state index < -0.39 is 5.97 Å². The van der Waals surface area contributed by atoms with Crippen molar-refractivity contribution in [2.45, 2.75) is 0 Å². The Hall–Kier alpha value is -1.07. The molecule has 0 saturated carbocycles. The monoisotopic (exact) mass is 305 g/mol. The van der Waals surface area contributed by atoms with Crippen molar-refractivity contribution in [2.24, 2.45) is 0 Å². The first-order chi connectivity index (χ1) is 7.41. The molecule has 6 heteroatoms. The first-order valence-electron chi connectivity index (χ1n) is 4.34. The van der Waals surface area contributed by atoms with Crippen LogP contribution in [0.3, 0.4) is 0 Å². The fourth-order valence-electron chi connectivity index (χ4n) is 1.14. The van der Waals surface area contributed by atoms with E-state index in [-0.39, 0.29) is 12.5 Å². The molecule has 0 aliphatic rings. The molecule has 1 amide bonds. The van der Waals surface area contributed by atoms with E-state index >= 15 is 0 Å². The molecular weight excluding hydrogens is 297 g/mol. The third-order valence-corrected chi connectivity index (χ3v) is 2.77. The number of carboxylic acids is 1. The van der Waals surface area contributed by atoms with E-state index in [2.05, 4.69) is 15.9 Å². The molecule has 0 radical (unpaired) electrons. The van der Waals surface area contributed by atoms with E-state index in [1.165, 1.54) is 7.05 Å². The van der Waals surface area contributed by atoms with Gasteiger partial charge in [0.05, 0.1) is 5.56 Å². The zero-order valence-corrected chi connectivity index (χ0v) is 10.7. The van der Waals surface area contributed by atoms with Crippen LogP contribution in [0.4, 0.5) is 0 Å². The predicted molar refractivity (Wildman–Crippen MR) is 63.7 cm³/mol. The van der Waals surface area contributed by atoms with Gasteiger partial charge in [0.1, 0.15) is 6.54 Å². The number of rotatable bonds is 3. The van der Waals surface area contributed by atoms with Crippen molar-refractivity contribution >= 4 is 39.4 Å². The van der Waals surface area contributed by atoms with Crippen molar-refractivity contribution in [3.05, 3.63) is 33.3 Å². The van der Waals surface area contributed by atoms with Gasteiger partial charge in [-0.3, -0.25) is 9.59 Å². The molecule has 4 nitrogen and oxygen atoms in total. The van der Waals surface area contributed by atoms with Gasteiger partial charge < -0.3 is 10.0 Å². The van der Waals surface area contributed by atoms with Gasteiger partial charge >= 0.3 is 5.97 Å². The molecule has 1 N–H and O–H groups in total. The molecule has 0 atom stereocenters. The lowest BCUT2D eigenvalue weighted by Gasteiger charge is -2.15. The predicted octanol–water partition coefficient (Wildman–Crippen LogP) is 2.26. The molecule has 0 heterocycles. The number of carbonyl (C=O) groups is 2. The highest BCUT2D eigenvalue weighted by molar-refractivity contribution is 9.10. The van der Waals surface area contributed by atoms with Crippen LogP contribution in [-0.2, 0) is 4.79 Å². The summed E-state index contributed by atoms with van der Waals surface area (Å²) in [5.74, 6) is -1.42. The molecule has 1 rings (SSSR count). The molecule has 0 fully saturated rings. The van der Waals surface area contributed by atoms with Crippen LogP contribution >= 0.6 is 27.5 Å². The minimum Gasteiger partial charge on any atom is -0.480 e. The lowest BCUT2D eigenvalue weighted by atomic mass is 10.2. The Bertz CT molecular complexity index is 436. The van der Waals surface area contributed by atoms with Crippen molar-refractivity contribution < 1.29 is 14.7 Å². The Labute approximate surface area is 106 Å².